The number of benzene rings is 1. The number of aryl methyl sites for hydroxylation is 1. The average Bonchev–Trinajstić information content (AvgIpc) is 3.04. The lowest BCUT2D eigenvalue weighted by atomic mass is 10.1. The van der Waals surface area contributed by atoms with Crippen LogP contribution in [0.3, 0.4) is 0 Å². The van der Waals surface area contributed by atoms with Gasteiger partial charge in [-0.05, 0) is 38.0 Å². The van der Waals surface area contributed by atoms with Gasteiger partial charge in [0, 0.05) is 12.0 Å². The van der Waals surface area contributed by atoms with Crippen molar-refractivity contribution in [1.29, 1.82) is 0 Å². The molecule has 0 unspecified atom stereocenters. The number of hydrogen-bond donors (Lipinski definition) is 0. The Labute approximate surface area is 148 Å². The van der Waals surface area contributed by atoms with Crippen LogP contribution in [0.15, 0.2) is 34.1 Å². The number of carbonyl (C=O) groups excluding carboxylic acids is 2. The van der Waals surface area contributed by atoms with E-state index in [2.05, 4.69) is 5.16 Å². The first-order valence-electron chi connectivity index (χ1n) is 7.26. The van der Waals surface area contributed by atoms with Crippen LogP contribution >= 0.6 is 23.2 Å². The average molecular weight is 366 g/mol. The summed E-state index contributed by atoms with van der Waals surface area (Å²) in [6, 6.07) is 4.95. The van der Waals surface area contributed by atoms with Gasteiger partial charge in [0.15, 0.2) is 11.5 Å². The second kappa shape index (κ2) is 6.42. The van der Waals surface area contributed by atoms with Crippen molar-refractivity contribution in [3.05, 3.63) is 50.9 Å². The van der Waals surface area contributed by atoms with Gasteiger partial charge in [-0.3, -0.25) is 4.79 Å². The van der Waals surface area contributed by atoms with Gasteiger partial charge in [-0.15, -0.1) is 0 Å². The predicted octanol–water partition coefficient (Wildman–Crippen LogP) is 4.75. The maximum absolute atomic E-state index is 12.6. The van der Waals surface area contributed by atoms with Crippen molar-refractivity contribution < 1.29 is 18.8 Å². The number of allylic oxidation sites excluding steroid dienone is 2. The summed E-state index contributed by atoms with van der Waals surface area (Å²) in [6.07, 6.45) is 0.938. The molecule has 0 spiro atoms. The minimum Gasteiger partial charge on any atom is -0.419 e. The third kappa shape index (κ3) is 2.85. The lowest BCUT2D eigenvalue weighted by molar-refractivity contribution is -0.117. The Morgan fingerprint density at radius 3 is 2.46 bits per heavy atom. The number of rotatable bonds is 3. The maximum Gasteiger partial charge on any atom is 0.349 e. The van der Waals surface area contributed by atoms with Gasteiger partial charge in [0.25, 0.3) is 0 Å². The molecule has 0 N–H and O–H groups in total. The molecule has 0 amide bonds. The maximum atomic E-state index is 12.6. The third-order valence-corrected chi connectivity index (χ3v) is 4.46. The number of ether oxygens (including phenoxy) is 1. The number of hydrogen-bond acceptors (Lipinski definition) is 5. The van der Waals surface area contributed by atoms with Gasteiger partial charge < -0.3 is 9.26 Å². The van der Waals surface area contributed by atoms with Gasteiger partial charge in [0.2, 0.25) is 0 Å². The minimum absolute atomic E-state index is 0.0943. The number of ketones is 1. The highest BCUT2D eigenvalue weighted by molar-refractivity contribution is 6.39. The molecular formula is C17H13Cl2NO4. The molecule has 24 heavy (non-hydrogen) atoms. The zero-order valence-electron chi connectivity index (χ0n) is 13.0. The molecule has 124 valence electrons. The van der Waals surface area contributed by atoms with Crippen molar-refractivity contribution in [3.8, 4) is 11.3 Å². The van der Waals surface area contributed by atoms with Crippen molar-refractivity contribution in [3.63, 3.8) is 0 Å². The monoisotopic (exact) mass is 365 g/mol. The number of esters is 1. The number of carbonyl (C=O) groups is 2. The van der Waals surface area contributed by atoms with E-state index in [0.29, 0.717) is 28.5 Å². The zero-order valence-corrected chi connectivity index (χ0v) is 14.5. The van der Waals surface area contributed by atoms with E-state index in [1.54, 1.807) is 32.0 Å². The summed E-state index contributed by atoms with van der Waals surface area (Å²) in [5, 5.41) is 4.56. The number of aromatic nitrogens is 1. The zero-order chi connectivity index (χ0) is 17.4. The SMILES string of the molecule is CC1=C(OC(=O)c2c(-c3c(Cl)cccc3Cl)noc2C)C(=O)CC1. The summed E-state index contributed by atoms with van der Waals surface area (Å²) in [6.45, 7) is 3.34. The molecule has 0 radical (unpaired) electrons. The molecule has 0 saturated heterocycles. The molecule has 1 aromatic heterocycles. The van der Waals surface area contributed by atoms with E-state index in [1.807, 2.05) is 0 Å². The summed E-state index contributed by atoms with van der Waals surface area (Å²) in [4.78, 5) is 24.4. The normalized spacial score (nSPS) is 14.4. The van der Waals surface area contributed by atoms with Gasteiger partial charge in [-0.1, -0.05) is 34.4 Å². The van der Waals surface area contributed by atoms with Crippen LogP contribution in [-0.2, 0) is 9.53 Å². The molecule has 7 heteroatoms. The molecule has 1 aliphatic rings. The molecule has 0 fully saturated rings. The molecule has 0 atom stereocenters. The van der Waals surface area contributed by atoms with Gasteiger partial charge >= 0.3 is 5.97 Å². The number of nitrogens with zero attached hydrogens (tertiary/aromatic N) is 1. The van der Waals surface area contributed by atoms with Crippen LogP contribution in [0.25, 0.3) is 11.3 Å². The molecule has 1 heterocycles. The quantitative estimate of drug-likeness (QED) is 0.733. The summed E-state index contributed by atoms with van der Waals surface area (Å²) in [5.74, 6) is -0.553. The number of Topliss-reactive ketones (excluding diaryl/α,β-unsaturated/α-hetero) is 1. The lowest BCUT2D eigenvalue weighted by Gasteiger charge is -2.08. The van der Waals surface area contributed by atoms with E-state index in [0.717, 1.165) is 5.57 Å². The molecular weight excluding hydrogens is 353 g/mol. The van der Waals surface area contributed by atoms with Crippen molar-refractivity contribution in [2.24, 2.45) is 0 Å². The molecule has 2 aromatic rings. The van der Waals surface area contributed by atoms with Crippen molar-refractivity contribution in [1.82, 2.24) is 5.16 Å². The first-order valence-corrected chi connectivity index (χ1v) is 8.01. The molecule has 1 aliphatic carbocycles. The summed E-state index contributed by atoms with van der Waals surface area (Å²) >= 11 is 12.4. The molecule has 5 nitrogen and oxygen atoms in total. The highest BCUT2D eigenvalue weighted by Crippen LogP contribution is 2.37. The highest BCUT2D eigenvalue weighted by atomic mass is 35.5. The van der Waals surface area contributed by atoms with Gasteiger partial charge in [-0.2, -0.15) is 0 Å². The largest absolute Gasteiger partial charge is 0.419 e. The van der Waals surface area contributed by atoms with E-state index in [1.165, 1.54) is 0 Å². The Hall–Kier alpha value is -2.11. The first kappa shape index (κ1) is 16.7. The predicted molar refractivity (Wildman–Crippen MR) is 89.1 cm³/mol. The van der Waals surface area contributed by atoms with Crippen molar-refractivity contribution >= 4 is 35.0 Å². The lowest BCUT2D eigenvalue weighted by Crippen LogP contribution is -2.11. The van der Waals surface area contributed by atoms with E-state index in [4.69, 9.17) is 32.5 Å². The van der Waals surface area contributed by atoms with Crippen LogP contribution in [0.5, 0.6) is 0 Å². The van der Waals surface area contributed by atoms with Gasteiger partial charge in [0.05, 0.1) is 10.0 Å². The van der Waals surface area contributed by atoms with Crippen LogP contribution in [0.1, 0.15) is 35.9 Å². The fourth-order valence-corrected chi connectivity index (χ4v) is 3.14. The fraction of sp³-hybridized carbons (Fsp3) is 0.235. The Morgan fingerprint density at radius 2 is 1.88 bits per heavy atom. The smallest absolute Gasteiger partial charge is 0.349 e. The van der Waals surface area contributed by atoms with Crippen LogP contribution < -0.4 is 0 Å². The first-order chi connectivity index (χ1) is 11.4. The van der Waals surface area contributed by atoms with E-state index in [9.17, 15) is 9.59 Å². The molecule has 0 aliphatic heterocycles. The Morgan fingerprint density at radius 1 is 1.21 bits per heavy atom. The standard InChI is InChI=1S/C17H13Cl2NO4/c1-8-6-7-12(21)16(8)23-17(22)13-9(2)24-20-15(13)14-10(18)4-3-5-11(14)19/h3-5H,6-7H2,1-2H3. The van der Waals surface area contributed by atoms with E-state index >= 15 is 0 Å². The molecule has 1 aromatic carbocycles. The minimum atomic E-state index is -0.718. The van der Waals surface area contributed by atoms with E-state index < -0.39 is 5.97 Å². The van der Waals surface area contributed by atoms with Crippen molar-refractivity contribution in [2.75, 3.05) is 0 Å². The third-order valence-electron chi connectivity index (χ3n) is 3.83. The van der Waals surface area contributed by atoms with Gasteiger partial charge in [0.1, 0.15) is 17.0 Å². The van der Waals surface area contributed by atoms with Crippen LogP contribution in [0.2, 0.25) is 10.0 Å². The highest BCUT2D eigenvalue weighted by Gasteiger charge is 2.30. The molecule has 3 rings (SSSR count). The summed E-state index contributed by atoms with van der Waals surface area (Å²) in [5.41, 5.74) is 1.43. The van der Waals surface area contributed by atoms with Crippen LogP contribution in [0.4, 0.5) is 0 Å². The van der Waals surface area contributed by atoms with Gasteiger partial charge in [-0.25, -0.2) is 4.79 Å². The Kier molecular flexibility index (Phi) is 4.47. The van der Waals surface area contributed by atoms with Crippen LogP contribution in [-0.4, -0.2) is 16.9 Å². The Balaban J connectivity index is 2.04. The van der Waals surface area contributed by atoms with Crippen LogP contribution in [0, 0.1) is 6.92 Å². The number of halogens is 2. The molecule has 0 saturated carbocycles. The second-order valence-electron chi connectivity index (χ2n) is 5.48. The fourth-order valence-electron chi connectivity index (χ4n) is 2.56. The van der Waals surface area contributed by atoms with E-state index in [-0.39, 0.29) is 28.6 Å². The topological polar surface area (TPSA) is 69.4 Å². The molecule has 0 bridgehead atoms. The summed E-state index contributed by atoms with van der Waals surface area (Å²) < 4.78 is 10.4. The Bertz CT molecular complexity index is 862. The summed E-state index contributed by atoms with van der Waals surface area (Å²) in [7, 11) is 0. The van der Waals surface area contributed by atoms with Crippen molar-refractivity contribution in [2.45, 2.75) is 26.7 Å². The second-order valence-corrected chi connectivity index (χ2v) is 6.30.